The molecule has 1 fully saturated rings. The fourth-order valence-corrected chi connectivity index (χ4v) is 3.91. The number of hydrogen-bond donors (Lipinski definition) is 3. The number of guanidine groups is 1. The lowest BCUT2D eigenvalue weighted by atomic mass is 10.2. The maximum absolute atomic E-state index is 11.5. The summed E-state index contributed by atoms with van der Waals surface area (Å²) in [6.45, 7) is 2.03. The van der Waals surface area contributed by atoms with Crippen LogP contribution >= 0.6 is 35.6 Å². The Kier molecular flexibility index (Phi) is 8.49. The number of aromatic nitrogens is 1. The molecule has 1 aromatic carbocycles. The topological polar surface area (TPSA) is 113 Å². The highest BCUT2D eigenvalue weighted by molar-refractivity contribution is 14.0. The number of nitrogens with zero attached hydrogens (tertiary/aromatic N) is 3. The second-order valence-electron chi connectivity index (χ2n) is 6.50. The normalized spacial score (nSPS) is 17.0. The zero-order valence-corrected chi connectivity index (χ0v) is 19.8. The van der Waals surface area contributed by atoms with Gasteiger partial charge in [0.1, 0.15) is 5.82 Å². The molecule has 1 unspecified atom stereocenters. The molecule has 1 atom stereocenters. The fraction of sp³-hybridized carbons (Fsp3) is 0.333. The van der Waals surface area contributed by atoms with Crippen LogP contribution in [-0.2, 0) is 16.6 Å². The van der Waals surface area contributed by atoms with Crippen molar-refractivity contribution in [3.8, 4) is 0 Å². The summed E-state index contributed by atoms with van der Waals surface area (Å²) >= 11 is 6.24. The van der Waals surface area contributed by atoms with E-state index in [-0.39, 0.29) is 34.9 Å². The van der Waals surface area contributed by atoms with Gasteiger partial charge in [0.2, 0.25) is 10.0 Å². The zero-order chi connectivity index (χ0) is 20.1. The fourth-order valence-electron chi connectivity index (χ4n) is 3.09. The van der Waals surface area contributed by atoms with E-state index in [0.717, 1.165) is 30.9 Å². The Bertz CT molecular complexity index is 972. The molecule has 0 bridgehead atoms. The van der Waals surface area contributed by atoms with Gasteiger partial charge in [0.25, 0.3) is 0 Å². The highest BCUT2D eigenvalue weighted by Crippen LogP contribution is 2.25. The number of aliphatic imine (C=N–C) groups is 1. The largest absolute Gasteiger partial charge is 0.353 e. The predicted octanol–water partition coefficient (Wildman–Crippen LogP) is 1.94. The van der Waals surface area contributed by atoms with Crippen LogP contribution in [0, 0.1) is 0 Å². The van der Waals surface area contributed by atoms with Crippen LogP contribution < -0.4 is 20.7 Å². The molecule has 29 heavy (non-hydrogen) atoms. The van der Waals surface area contributed by atoms with Gasteiger partial charge in [0.05, 0.1) is 9.92 Å². The standard InChI is InChI=1S/C18H23ClN6O2S.HI/c1-21-18(23-11-13-4-2-5-15(10-13)28(20,26)27)24-14-7-9-25(12-14)17-16(19)6-3-8-22-17;/h2-6,8,10,14H,7,9,11-12H2,1H3,(H2,20,26,27)(H2,21,23,24);1H. The molecule has 1 saturated heterocycles. The SMILES string of the molecule is CN=C(NCc1cccc(S(N)(=O)=O)c1)NC1CCN(c2ncccc2Cl)C1.I. The van der Waals surface area contributed by atoms with E-state index in [1.54, 1.807) is 25.4 Å². The lowest BCUT2D eigenvalue weighted by molar-refractivity contribution is 0.597. The van der Waals surface area contributed by atoms with Crippen LogP contribution in [0.4, 0.5) is 5.82 Å². The van der Waals surface area contributed by atoms with Crippen molar-refractivity contribution in [2.24, 2.45) is 10.1 Å². The summed E-state index contributed by atoms with van der Waals surface area (Å²) in [7, 11) is -2.03. The number of rotatable bonds is 5. The lowest BCUT2D eigenvalue weighted by Gasteiger charge is -2.20. The third-order valence-corrected chi connectivity index (χ3v) is 5.68. The number of halogens is 2. The molecule has 0 amide bonds. The molecular weight excluding hydrogens is 527 g/mol. The van der Waals surface area contributed by atoms with E-state index in [1.165, 1.54) is 6.07 Å². The second kappa shape index (κ2) is 10.4. The molecule has 1 aliphatic rings. The first-order valence-electron chi connectivity index (χ1n) is 8.81. The van der Waals surface area contributed by atoms with E-state index in [9.17, 15) is 8.42 Å². The number of anilines is 1. The van der Waals surface area contributed by atoms with E-state index in [4.69, 9.17) is 16.7 Å². The Morgan fingerprint density at radius 2 is 2.17 bits per heavy atom. The highest BCUT2D eigenvalue weighted by Gasteiger charge is 2.25. The Labute approximate surface area is 193 Å². The van der Waals surface area contributed by atoms with Gasteiger partial charge in [-0.25, -0.2) is 18.5 Å². The number of sulfonamides is 1. The van der Waals surface area contributed by atoms with Gasteiger partial charge in [-0.1, -0.05) is 23.7 Å². The zero-order valence-electron chi connectivity index (χ0n) is 15.9. The van der Waals surface area contributed by atoms with Gasteiger partial charge in [-0.2, -0.15) is 0 Å². The molecule has 8 nitrogen and oxygen atoms in total. The smallest absolute Gasteiger partial charge is 0.238 e. The van der Waals surface area contributed by atoms with E-state index >= 15 is 0 Å². The summed E-state index contributed by atoms with van der Waals surface area (Å²) in [5.74, 6) is 1.43. The summed E-state index contributed by atoms with van der Waals surface area (Å²) in [6.07, 6.45) is 2.66. The molecule has 0 aliphatic carbocycles. The maximum atomic E-state index is 11.5. The molecule has 158 valence electrons. The third-order valence-electron chi connectivity index (χ3n) is 4.48. The summed E-state index contributed by atoms with van der Waals surface area (Å²) in [5.41, 5.74) is 0.794. The molecule has 11 heteroatoms. The van der Waals surface area contributed by atoms with E-state index in [2.05, 4.69) is 25.5 Å². The number of benzene rings is 1. The molecule has 2 aromatic rings. The Morgan fingerprint density at radius 3 is 2.86 bits per heavy atom. The number of nitrogens with two attached hydrogens (primary N) is 1. The first-order valence-corrected chi connectivity index (χ1v) is 10.7. The number of pyridine rings is 1. The van der Waals surface area contributed by atoms with Crippen molar-refractivity contribution in [3.05, 3.63) is 53.2 Å². The van der Waals surface area contributed by atoms with Crippen molar-refractivity contribution in [1.82, 2.24) is 15.6 Å². The van der Waals surface area contributed by atoms with Crippen molar-refractivity contribution in [2.75, 3.05) is 25.0 Å². The first kappa shape index (κ1) is 23.6. The van der Waals surface area contributed by atoms with Crippen LogP contribution in [0.1, 0.15) is 12.0 Å². The molecule has 0 saturated carbocycles. The Balaban J connectivity index is 0.00000300. The second-order valence-corrected chi connectivity index (χ2v) is 8.47. The van der Waals surface area contributed by atoms with Crippen molar-refractivity contribution in [3.63, 3.8) is 0 Å². The number of hydrogen-bond acceptors (Lipinski definition) is 5. The molecule has 4 N–H and O–H groups in total. The van der Waals surface area contributed by atoms with Crippen molar-refractivity contribution < 1.29 is 8.42 Å². The van der Waals surface area contributed by atoms with Gasteiger partial charge in [-0.3, -0.25) is 4.99 Å². The van der Waals surface area contributed by atoms with Crippen molar-refractivity contribution in [2.45, 2.75) is 23.9 Å². The summed E-state index contributed by atoms with van der Waals surface area (Å²) in [6, 6.07) is 10.4. The molecule has 3 rings (SSSR count). The van der Waals surface area contributed by atoms with Crippen LogP contribution in [0.2, 0.25) is 5.02 Å². The van der Waals surface area contributed by atoms with Gasteiger partial charge in [0, 0.05) is 38.9 Å². The van der Waals surface area contributed by atoms with Crippen molar-refractivity contribution >= 4 is 57.4 Å². The van der Waals surface area contributed by atoms with Gasteiger partial charge in [-0.05, 0) is 36.2 Å². The lowest BCUT2D eigenvalue weighted by Crippen LogP contribution is -2.44. The Hall–Kier alpha value is -1.63. The monoisotopic (exact) mass is 550 g/mol. The van der Waals surface area contributed by atoms with Gasteiger partial charge in [0.15, 0.2) is 5.96 Å². The first-order chi connectivity index (χ1) is 13.4. The molecule has 1 aromatic heterocycles. The molecular formula is C18H24ClIN6O2S. The minimum absolute atomic E-state index is 0. The van der Waals surface area contributed by atoms with Gasteiger partial charge >= 0.3 is 0 Å². The molecule has 1 aliphatic heterocycles. The maximum Gasteiger partial charge on any atom is 0.238 e. The van der Waals surface area contributed by atoms with E-state index in [0.29, 0.717) is 17.5 Å². The quantitative estimate of drug-likeness (QED) is 0.298. The molecule has 0 spiro atoms. The summed E-state index contributed by atoms with van der Waals surface area (Å²) < 4.78 is 23.0. The van der Waals surface area contributed by atoms with Crippen LogP contribution in [0.15, 0.2) is 52.5 Å². The minimum atomic E-state index is -3.72. The average molecular weight is 551 g/mol. The number of primary sulfonamides is 1. The van der Waals surface area contributed by atoms with Crippen LogP contribution in [-0.4, -0.2) is 45.5 Å². The third kappa shape index (κ3) is 6.43. The predicted molar refractivity (Wildman–Crippen MR) is 126 cm³/mol. The van der Waals surface area contributed by atoms with E-state index in [1.807, 2.05) is 18.2 Å². The van der Waals surface area contributed by atoms with E-state index < -0.39 is 10.0 Å². The van der Waals surface area contributed by atoms with Gasteiger partial charge < -0.3 is 15.5 Å². The number of nitrogens with one attached hydrogen (secondary N) is 2. The minimum Gasteiger partial charge on any atom is -0.353 e. The highest BCUT2D eigenvalue weighted by atomic mass is 127. The van der Waals surface area contributed by atoms with Crippen LogP contribution in [0.5, 0.6) is 0 Å². The average Bonchev–Trinajstić information content (AvgIpc) is 3.13. The molecule has 0 radical (unpaired) electrons. The Morgan fingerprint density at radius 1 is 1.38 bits per heavy atom. The van der Waals surface area contributed by atoms with Crippen molar-refractivity contribution in [1.29, 1.82) is 0 Å². The van der Waals surface area contributed by atoms with Crippen LogP contribution in [0.3, 0.4) is 0 Å². The van der Waals surface area contributed by atoms with Crippen LogP contribution in [0.25, 0.3) is 0 Å². The van der Waals surface area contributed by atoms with Gasteiger partial charge in [-0.15, -0.1) is 24.0 Å². The summed E-state index contributed by atoms with van der Waals surface area (Å²) in [5, 5.41) is 12.4. The molecule has 2 heterocycles. The summed E-state index contributed by atoms with van der Waals surface area (Å²) in [4.78, 5) is 10.8.